The standard InChI is InChI=1S/C16H21NO4S/c1-11(21-12-4-6-13(22-2)7-5-12)15(20)17-16(8-3-9-16)10-14(18)19/h4-7,11H,3,8-10H2,1-2H3,(H,17,20)(H,18,19). The normalized spacial score (nSPS) is 17.2. The van der Waals surface area contributed by atoms with E-state index in [0.29, 0.717) is 18.6 Å². The average Bonchev–Trinajstić information content (AvgIpc) is 2.45. The lowest BCUT2D eigenvalue weighted by atomic mass is 9.74. The van der Waals surface area contributed by atoms with Crippen LogP contribution >= 0.6 is 11.8 Å². The van der Waals surface area contributed by atoms with E-state index in [1.165, 1.54) is 0 Å². The Hall–Kier alpha value is -1.69. The molecule has 1 aliphatic carbocycles. The van der Waals surface area contributed by atoms with Crippen molar-refractivity contribution in [2.24, 2.45) is 0 Å². The molecule has 1 aromatic carbocycles. The number of carbonyl (C=O) groups is 2. The fourth-order valence-corrected chi connectivity index (χ4v) is 2.92. The Kier molecular flexibility index (Phi) is 5.34. The van der Waals surface area contributed by atoms with Gasteiger partial charge >= 0.3 is 5.97 Å². The third-order valence-electron chi connectivity index (χ3n) is 3.93. The zero-order valence-corrected chi connectivity index (χ0v) is 13.6. The van der Waals surface area contributed by atoms with Crippen molar-refractivity contribution in [2.45, 2.75) is 49.1 Å². The lowest BCUT2D eigenvalue weighted by molar-refractivity contribution is -0.141. The van der Waals surface area contributed by atoms with Gasteiger partial charge in [0, 0.05) is 4.90 Å². The maximum absolute atomic E-state index is 12.2. The van der Waals surface area contributed by atoms with Crippen molar-refractivity contribution in [3.63, 3.8) is 0 Å². The average molecular weight is 323 g/mol. The number of amides is 1. The molecule has 1 fully saturated rings. The van der Waals surface area contributed by atoms with E-state index in [9.17, 15) is 9.59 Å². The molecule has 0 saturated heterocycles. The van der Waals surface area contributed by atoms with E-state index in [1.807, 2.05) is 30.5 Å². The number of nitrogens with one attached hydrogen (secondary N) is 1. The summed E-state index contributed by atoms with van der Waals surface area (Å²) < 4.78 is 5.63. The fraction of sp³-hybridized carbons (Fsp3) is 0.500. The number of hydrogen-bond donors (Lipinski definition) is 2. The molecule has 0 bridgehead atoms. The number of ether oxygens (including phenoxy) is 1. The van der Waals surface area contributed by atoms with Crippen molar-refractivity contribution in [1.82, 2.24) is 5.32 Å². The first-order valence-corrected chi connectivity index (χ1v) is 8.51. The minimum Gasteiger partial charge on any atom is -0.481 e. The van der Waals surface area contributed by atoms with Crippen LogP contribution in [0.25, 0.3) is 0 Å². The summed E-state index contributed by atoms with van der Waals surface area (Å²) in [5, 5.41) is 11.8. The van der Waals surface area contributed by atoms with E-state index in [1.54, 1.807) is 18.7 Å². The van der Waals surface area contributed by atoms with Crippen LogP contribution in [0, 0.1) is 0 Å². The van der Waals surface area contributed by atoms with Crippen LogP contribution in [-0.4, -0.2) is 34.9 Å². The molecule has 0 heterocycles. The number of carbonyl (C=O) groups excluding carboxylic acids is 1. The number of aliphatic carboxylic acids is 1. The molecule has 1 amide bonds. The Bertz CT molecular complexity index is 540. The molecule has 0 aliphatic heterocycles. The van der Waals surface area contributed by atoms with Gasteiger partial charge in [-0.2, -0.15) is 0 Å². The van der Waals surface area contributed by atoms with Crippen LogP contribution in [0.3, 0.4) is 0 Å². The van der Waals surface area contributed by atoms with Crippen LogP contribution in [0.5, 0.6) is 5.75 Å². The lowest BCUT2D eigenvalue weighted by Gasteiger charge is -2.42. The van der Waals surface area contributed by atoms with Crippen molar-refractivity contribution in [1.29, 1.82) is 0 Å². The number of carboxylic acid groups (broad SMARTS) is 1. The van der Waals surface area contributed by atoms with E-state index in [4.69, 9.17) is 9.84 Å². The lowest BCUT2D eigenvalue weighted by Crippen LogP contribution is -2.57. The summed E-state index contributed by atoms with van der Waals surface area (Å²) in [6.07, 6.45) is 3.66. The van der Waals surface area contributed by atoms with Gasteiger partial charge < -0.3 is 15.2 Å². The first-order valence-electron chi connectivity index (χ1n) is 7.29. The van der Waals surface area contributed by atoms with Gasteiger partial charge in [0.15, 0.2) is 6.10 Å². The monoisotopic (exact) mass is 323 g/mol. The largest absolute Gasteiger partial charge is 0.481 e. The highest BCUT2D eigenvalue weighted by molar-refractivity contribution is 7.98. The second-order valence-electron chi connectivity index (χ2n) is 5.63. The SMILES string of the molecule is CSc1ccc(OC(C)C(=O)NC2(CC(=O)O)CCC2)cc1. The maximum atomic E-state index is 12.2. The van der Waals surface area contributed by atoms with Gasteiger partial charge in [-0.25, -0.2) is 0 Å². The Morgan fingerprint density at radius 2 is 2.00 bits per heavy atom. The third kappa shape index (κ3) is 4.16. The molecule has 1 aromatic rings. The minimum absolute atomic E-state index is 0.0338. The predicted octanol–water partition coefficient (Wildman–Crippen LogP) is 2.69. The second kappa shape index (κ2) is 7.05. The predicted molar refractivity (Wildman–Crippen MR) is 85.3 cm³/mol. The molecule has 120 valence electrons. The number of thioether (sulfide) groups is 1. The fourth-order valence-electron chi connectivity index (χ4n) is 2.51. The van der Waals surface area contributed by atoms with Crippen LogP contribution < -0.4 is 10.1 Å². The zero-order valence-electron chi connectivity index (χ0n) is 12.8. The number of rotatable bonds is 7. The number of benzene rings is 1. The van der Waals surface area contributed by atoms with Gasteiger partial charge in [0.25, 0.3) is 5.91 Å². The Morgan fingerprint density at radius 1 is 1.36 bits per heavy atom. The smallest absolute Gasteiger partial charge is 0.305 e. The van der Waals surface area contributed by atoms with Gasteiger partial charge in [-0.1, -0.05) is 0 Å². The topological polar surface area (TPSA) is 75.6 Å². The van der Waals surface area contributed by atoms with E-state index >= 15 is 0 Å². The van der Waals surface area contributed by atoms with Crippen LogP contribution in [0.4, 0.5) is 0 Å². The van der Waals surface area contributed by atoms with E-state index in [0.717, 1.165) is 11.3 Å². The van der Waals surface area contributed by atoms with Crippen molar-refractivity contribution < 1.29 is 19.4 Å². The van der Waals surface area contributed by atoms with Gasteiger partial charge in [-0.15, -0.1) is 11.8 Å². The summed E-state index contributed by atoms with van der Waals surface area (Å²) in [7, 11) is 0. The molecule has 1 atom stereocenters. The van der Waals surface area contributed by atoms with Gasteiger partial charge in [0.2, 0.25) is 0 Å². The third-order valence-corrected chi connectivity index (χ3v) is 4.67. The molecule has 0 radical (unpaired) electrons. The molecule has 0 aromatic heterocycles. The molecule has 6 heteroatoms. The van der Waals surface area contributed by atoms with E-state index in [-0.39, 0.29) is 12.3 Å². The summed E-state index contributed by atoms with van der Waals surface area (Å²) in [5.74, 6) is -0.530. The quantitative estimate of drug-likeness (QED) is 0.755. The van der Waals surface area contributed by atoms with E-state index < -0.39 is 17.6 Å². The summed E-state index contributed by atoms with van der Waals surface area (Å²) in [6, 6.07) is 7.52. The number of hydrogen-bond acceptors (Lipinski definition) is 4. The number of carboxylic acids is 1. The maximum Gasteiger partial charge on any atom is 0.305 e. The van der Waals surface area contributed by atoms with E-state index in [2.05, 4.69) is 5.32 Å². The van der Waals surface area contributed by atoms with Gasteiger partial charge in [0.05, 0.1) is 12.0 Å². The second-order valence-corrected chi connectivity index (χ2v) is 6.51. The first kappa shape index (κ1) is 16.7. The molecule has 2 N–H and O–H groups in total. The van der Waals surface area contributed by atoms with Gasteiger partial charge in [-0.3, -0.25) is 9.59 Å². The zero-order chi connectivity index (χ0) is 16.2. The minimum atomic E-state index is -0.888. The van der Waals surface area contributed by atoms with Gasteiger partial charge in [0.1, 0.15) is 5.75 Å². The van der Waals surface area contributed by atoms with Crippen molar-refractivity contribution in [3.05, 3.63) is 24.3 Å². The molecular formula is C16H21NO4S. The molecule has 1 aliphatic rings. The first-order chi connectivity index (χ1) is 10.4. The summed E-state index contributed by atoms with van der Waals surface area (Å²) >= 11 is 1.64. The molecule has 0 spiro atoms. The molecular weight excluding hydrogens is 302 g/mol. The van der Waals surface area contributed by atoms with Gasteiger partial charge in [-0.05, 0) is 56.7 Å². The van der Waals surface area contributed by atoms with Crippen LogP contribution in [-0.2, 0) is 9.59 Å². The van der Waals surface area contributed by atoms with Crippen molar-refractivity contribution in [3.8, 4) is 5.75 Å². The summed E-state index contributed by atoms with van der Waals surface area (Å²) in [6.45, 7) is 1.67. The summed E-state index contributed by atoms with van der Waals surface area (Å²) in [5.41, 5.74) is -0.594. The highest BCUT2D eigenvalue weighted by Gasteiger charge is 2.41. The molecule has 22 heavy (non-hydrogen) atoms. The van der Waals surface area contributed by atoms with Crippen LogP contribution in [0.15, 0.2) is 29.2 Å². The van der Waals surface area contributed by atoms with Crippen molar-refractivity contribution >= 4 is 23.6 Å². The molecule has 1 saturated carbocycles. The molecule has 5 nitrogen and oxygen atoms in total. The van der Waals surface area contributed by atoms with Crippen molar-refractivity contribution in [2.75, 3.05) is 6.26 Å². The highest BCUT2D eigenvalue weighted by Crippen LogP contribution is 2.35. The molecule has 2 rings (SSSR count). The summed E-state index contributed by atoms with van der Waals surface area (Å²) in [4.78, 5) is 24.3. The molecule has 1 unspecified atom stereocenters. The van der Waals surface area contributed by atoms with Crippen LogP contribution in [0.2, 0.25) is 0 Å². The Balaban J connectivity index is 1.92. The highest BCUT2D eigenvalue weighted by atomic mass is 32.2. The Labute approximate surface area is 134 Å². The van der Waals surface area contributed by atoms with Crippen LogP contribution in [0.1, 0.15) is 32.6 Å². The Morgan fingerprint density at radius 3 is 2.45 bits per heavy atom.